The van der Waals surface area contributed by atoms with Crippen LogP contribution in [0.15, 0.2) is 35.2 Å². The number of benzene rings is 2. The summed E-state index contributed by atoms with van der Waals surface area (Å²) >= 11 is 0. The van der Waals surface area contributed by atoms with Gasteiger partial charge in [0.1, 0.15) is 0 Å². The molecule has 0 radical (unpaired) electrons. The normalized spacial score (nSPS) is 16.1. The second-order valence-electron chi connectivity index (χ2n) is 7.31. The Bertz CT molecular complexity index is 927. The Labute approximate surface area is 157 Å². The van der Waals surface area contributed by atoms with Crippen molar-refractivity contribution in [2.75, 3.05) is 31.1 Å². The van der Waals surface area contributed by atoms with Crippen LogP contribution >= 0.6 is 0 Å². The second kappa shape index (κ2) is 7.05. The molecule has 140 valence electrons. The molecule has 4 nitrogen and oxygen atoms in total. The predicted octanol–water partition coefficient (Wildman–Crippen LogP) is 3.74. The van der Waals surface area contributed by atoms with Crippen LogP contribution in [0.5, 0.6) is 0 Å². The minimum atomic E-state index is -3.45. The highest BCUT2D eigenvalue weighted by atomic mass is 32.2. The zero-order valence-corrected chi connectivity index (χ0v) is 17.2. The zero-order chi connectivity index (χ0) is 19.1. The van der Waals surface area contributed by atoms with Crippen molar-refractivity contribution in [1.82, 2.24) is 4.31 Å². The molecular weight excluding hydrogens is 344 g/mol. The van der Waals surface area contributed by atoms with Crippen LogP contribution in [0, 0.1) is 34.6 Å². The van der Waals surface area contributed by atoms with E-state index in [0.29, 0.717) is 31.1 Å². The Morgan fingerprint density at radius 2 is 1.38 bits per heavy atom. The van der Waals surface area contributed by atoms with Crippen LogP contribution < -0.4 is 4.90 Å². The van der Waals surface area contributed by atoms with Gasteiger partial charge in [-0.05, 0) is 74.6 Å². The van der Waals surface area contributed by atoms with E-state index in [4.69, 9.17) is 0 Å². The fourth-order valence-electron chi connectivity index (χ4n) is 3.60. The molecule has 2 aromatic carbocycles. The van der Waals surface area contributed by atoms with Gasteiger partial charge in [-0.2, -0.15) is 4.31 Å². The van der Waals surface area contributed by atoms with Crippen molar-refractivity contribution < 1.29 is 8.42 Å². The van der Waals surface area contributed by atoms with Crippen LogP contribution in [0.1, 0.15) is 27.8 Å². The van der Waals surface area contributed by atoms with Crippen molar-refractivity contribution in [2.24, 2.45) is 0 Å². The summed E-state index contributed by atoms with van der Waals surface area (Å²) in [6, 6.07) is 10.1. The lowest BCUT2D eigenvalue weighted by Crippen LogP contribution is -2.49. The smallest absolute Gasteiger partial charge is 0.243 e. The van der Waals surface area contributed by atoms with Gasteiger partial charge in [0.25, 0.3) is 0 Å². The molecule has 1 fully saturated rings. The first-order valence-corrected chi connectivity index (χ1v) is 10.5. The van der Waals surface area contributed by atoms with Gasteiger partial charge in [0.05, 0.1) is 4.90 Å². The summed E-state index contributed by atoms with van der Waals surface area (Å²) in [4.78, 5) is 2.74. The van der Waals surface area contributed by atoms with Crippen LogP contribution in [0.3, 0.4) is 0 Å². The zero-order valence-electron chi connectivity index (χ0n) is 16.3. The molecule has 1 heterocycles. The van der Waals surface area contributed by atoms with Crippen molar-refractivity contribution in [2.45, 2.75) is 39.5 Å². The molecule has 1 aliphatic rings. The van der Waals surface area contributed by atoms with E-state index < -0.39 is 10.0 Å². The summed E-state index contributed by atoms with van der Waals surface area (Å²) in [5.41, 5.74) is 6.72. The van der Waals surface area contributed by atoms with Gasteiger partial charge in [0.15, 0.2) is 0 Å². The molecule has 0 saturated carbocycles. The molecule has 5 heteroatoms. The molecular formula is C21H28N2O2S. The minimum Gasteiger partial charge on any atom is -0.369 e. The number of nitrogens with zero attached hydrogens (tertiary/aromatic N) is 2. The van der Waals surface area contributed by atoms with Gasteiger partial charge in [-0.25, -0.2) is 8.42 Å². The van der Waals surface area contributed by atoms with E-state index in [1.54, 1.807) is 4.31 Å². The van der Waals surface area contributed by atoms with Gasteiger partial charge in [0.2, 0.25) is 10.0 Å². The van der Waals surface area contributed by atoms with Gasteiger partial charge in [-0.3, -0.25) is 0 Å². The van der Waals surface area contributed by atoms with E-state index in [9.17, 15) is 8.42 Å². The van der Waals surface area contributed by atoms with Crippen LogP contribution in [0.2, 0.25) is 0 Å². The van der Waals surface area contributed by atoms with E-state index in [0.717, 1.165) is 16.7 Å². The van der Waals surface area contributed by atoms with Crippen molar-refractivity contribution in [3.63, 3.8) is 0 Å². The lowest BCUT2D eigenvalue weighted by atomic mass is 10.1. The standard InChI is InChI=1S/C21H28N2O2S/c1-15-7-6-8-20(19(15)5)22-9-11-23(12-10-22)26(24,25)21-14-17(3)16(2)13-18(21)4/h6-8,13-14H,9-12H2,1-5H3. The third-order valence-electron chi connectivity index (χ3n) is 5.56. The third-order valence-corrected chi connectivity index (χ3v) is 7.61. The van der Waals surface area contributed by atoms with Gasteiger partial charge in [-0.15, -0.1) is 0 Å². The molecule has 26 heavy (non-hydrogen) atoms. The van der Waals surface area contributed by atoms with E-state index >= 15 is 0 Å². The summed E-state index contributed by atoms with van der Waals surface area (Å²) in [5, 5.41) is 0. The van der Waals surface area contributed by atoms with Crippen LogP contribution in [0.25, 0.3) is 0 Å². The average molecular weight is 373 g/mol. The molecule has 0 atom stereocenters. The number of piperazine rings is 1. The molecule has 2 aromatic rings. The Balaban J connectivity index is 1.81. The molecule has 0 amide bonds. The lowest BCUT2D eigenvalue weighted by molar-refractivity contribution is 0.384. The van der Waals surface area contributed by atoms with E-state index in [1.165, 1.54) is 16.8 Å². The van der Waals surface area contributed by atoms with Crippen molar-refractivity contribution in [3.8, 4) is 0 Å². The van der Waals surface area contributed by atoms with Crippen LogP contribution in [0.4, 0.5) is 5.69 Å². The SMILES string of the molecule is Cc1cc(C)c(S(=O)(=O)N2CCN(c3cccc(C)c3C)CC2)cc1C. The molecule has 1 saturated heterocycles. The Hall–Kier alpha value is -1.85. The Morgan fingerprint density at radius 3 is 2.04 bits per heavy atom. The monoisotopic (exact) mass is 372 g/mol. The van der Waals surface area contributed by atoms with E-state index in [2.05, 4.69) is 36.9 Å². The molecule has 0 bridgehead atoms. The third kappa shape index (κ3) is 3.38. The van der Waals surface area contributed by atoms with Crippen LogP contribution in [-0.2, 0) is 10.0 Å². The summed E-state index contributed by atoms with van der Waals surface area (Å²) in [5.74, 6) is 0. The Morgan fingerprint density at radius 1 is 0.769 bits per heavy atom. The van der Waals surface area contributed by atoms with Gasteiger partial charge in [0, 0.05) is 31.9 Å². The highest BCUT2D eigenvalue weighted by Crippen LogP contribution is 2.27. The quantitative estimate of drug-likeness (QED) is 0.824. The molecule has 1 aliphatic heterocycles. The molecule has 0 unspecified atom stereocenters. The van der Waals surface area contributed by atoms with E-state index in [-0.39, 0.29) is 0 Å². The molecule has 3 rings (SSSR count). The maximum Gasteiger partial charge on any atom is 0.243 e. The van der Waals surface area contributed by atoms with Gasteiger partial charge >= 0.3 is 0 Å². The number of hydrogen-bond acceptors (Lipinski definition) is 3. The maximum atomic E-state index is 13.1. The van der Waals surface area contributed by atoms with Crippen molar-refractivity contribution >= 4 is 15.7 Å². The molecule has 0 spiro atoms. The first kappa shape index (κ1) is 18.9. The van der Waals surface area contributed by atoms with Crippen LogP contribution in [-0.4, -0.2) is 38.9 Å². The molecule has 0 aliphatic carbocycles. The minimum absolute atomic E-state index is 0.445. The highest BCUT2D eigenvalue weighted by molar-refractivity contribution is 7.89. The fourth-order valence-corrected chi connectivity index (χ4v) is 5.31. The summed E-state index contributed by atoms with van der Waals surface area (Å²) in [7, 11) is -3.45. The predicted molar refractivity (Wildman–Crippen MR) is 108 cm³/mol. The largest absolute Gasteiger partial charge is 0.369 e. The molecule has 0 aromatic heterocycles. The lowest BCUT2D eigenvalue weighted by Gasteiger charge is -2.36. The first-order valence-electron chi connectivity index (χ1n) is 9.11. The summed E-state index contributed by atoms with van der Waals surface area (Å²) in [6.45, 7) is 12.6. The van der Waals surface area contributed by atoms with E-state index in [1.807, 2.05) is 32.9 Å². The van der Waals surface area contributed by atoms with Gasteiger partial charge < -0.3 is 4.90 Å². The number of aryl methyl sites for hydroxylation is 4. The summed E-state index contributed by atoms with van der Waals surface area (Å²) in [6.07, 6.45) is 0. The average Bonchev–Trinajstić information content (AvgIpc) is 2.60. The number of sulfonamides is 1. The first-order chi connectivity index (χ1) is 12.2. The number of rotatable bonds is 3. The number of anilines is 1. The second-order valence-corrected chi connectivity index (χ2v) is 9.22. The highest BCUT2D eigenvalue weighted by Gasteiger charge is 2.30. The van der Waals surface area contributed by atoms with Gasteiger partial charge in [-0.1, -0.05) is 18.2 Å². The van der Waals surface area contributed by atoms with Crippen molar-refractivity contribution in [3.05, 3.63) is 58.1 Å². The molecule has 0 N–H and O–H groups in total. The maximum absolute atomic E-state index is 13.1. The summed E-state index contributed by atoms with van der Waals surface area (Å²) < 4.78 is 27.9. The topological polar surface area (TPSA) is 40.6 Å². The Kier molecular flexibility index (Phi) is 5.13. The van der Waals surface area contributed by atoms with Crippen molar-refractivity contribution in [1.29, 1.82) is 0 Å². The number of hydrogen-bond donors (Lipinski definition) is 0. The fraction of sp³-hybridized carbons (Fsp3) is 0.429.